The molecule has 2 nitrogen and oxygen atoms in total. The molecule has 0 aliphatic rings. The Hall–Kier alpha value is 0.0369. The second-order valence-corrected chi connectivity index (χ2v) is 4.11. The van der Waals surface area contributed by atoms with Crippen molar-refractivity contribution in [3.63, 3.8) is 0 Å². The second-order valence-electron chi connectivity index (χ2n) is 1.80. The Kier molecular flexibility index (Phi) is 7.17. The van der Waals surface area contributed by atoms with E-state index in [0.29, 0.717) is 0 Å². The first kappa shape index (κ1) is 10.0. The highest BCUT2D eigenvalue weighted by Crippen LogP contribution is 1.87. The molecule has 0 aliphatic carbocycles. The molecule has 0 saturated heterocycles. The van der Waals surface area contributed by atoms with Crippen LogP contribution in [0.4, 0.5) is 0 Å². The van der Waals surface area contributed by atoms with Gasteiger partial charge in [-0.1, -0.05) is 0 Å². The summed E-state index contributed by atoms with van der Waals surface area (Å²) in [5, 5.41) is 0. The molecule has 0 rings (SSSR count). The zero-order valence-electron chi connectivity index (χ0n) is 6.46. The topological polar surface area (TPSA) is 18.5 Å². The fourth-order valence-electron chi connectivity index (χ4n) is 0.561. The molecule has 0 heterocycles. The highest BCUT2D eigenvalue weighted by Gasteiger charge is 1.95. The van der Waals surface area contributed by atoms with Crippen molar-refractivity contribution in [2.45, 2.75) is 12.8 Å². The van der Waals surface area contributed by atoms with Crippen molar-refractivity contribution < 1.29 is 8.85 Å². The van der Waals surface area contributed by atoms with Gasteiger partial charge in [-0.2, -0.15) is 12.6 Å². The number of thiol groups is 1. The fraction of sp³-hybridized carbons (Fsp3) is 0.833. The minimum absolute atomic E-state index is 0.930. The Morgan fingerprint density at radius 1 is 1.40 bits per heavy atom. The van der Waals surface area contributed by atoms with Crippen LogP contribution in [0, 0.1) is 0 Å². The van der Waals surface area contributed by atoms with Crippen LogP contribution in [0.3, 0.4) is 0 Å². The number of hydrogen-bond donors (Lipinski definition) is 1. The molecule has 0 atom stereocenters. The highest BCUT2D eigenvalue weighted by molar-refractivity contribution is 7.80. The van der Waals surface area contributed by atoms with Gasteiger partial charge >= 0.3 is 8.90 Å². The largest absolute Gasteiger partial charge is 0.526 e. The van der Waals surface area contributed by atoms with Crippen molar-refractivity contribution in [1.29, 1.82) is 0 Å². The maximum absolute atomic E-state index is 5.05. The monoisotopic (exact) mass is 178 g/mol. The summed E-state index contributed by atoms with van der Waals surface area (Å²) in [5.41, 5.74) is 2.10. The molecule has 0 fully saturated rings. The summed E-state index contributed by atoms with van der Waals surface area (Å²) < 4.78 is 10.1. The normalized spacial score (nSPS) is 8.70. The van der Waals surface area contributed by atoms with Gasteiger partial charge in [-0.25, -0.2) is 0 Å². The number of unbranched alkanes of at least 4 members (excludes halogenated alkanes) is 1. The summed E-state index contributed by atoms with van der Waals surface area (Å²) in [6.07, 6.45) is 2.14. The van der Waals surface area contributed by atoms with E-state index in [1.807, 2.05) is 0 Å². The minimum Gasteiger partial charge on any atom is -0.526 e. The van der Waals surface area contributed by atoms with Crippen LogP contribution >= 0.6 is 12.6 Å². The second kappa shape index (κ2) is 7.15. The zero-order valence-corrected chi connectivity index (χ0v) is 8.36. The van der Waals surface area contributed by atoms with Gasteiger partial charge in [0.15, 0.2) is 0 Å². The van der Waals surface area contributed by atoms with Gasteiger partial charge in [0.05, 0.1) is 14.2 Å². The molecule has 0 aromatic heterocycles. The third-order valence-electron chi connectivity index (χ3n) is 1.08. The van der Waals surface area contributed by atoms with Crippen LogP contribution in [0.5, 0.6) is 0 Å². The molecule has 0 radical (unpaired) electrons. The van der Waals surface area contributed by atoms with Gasteiger partial charge in [0.1, 0.15) is 0 Å². The van der Waals surface area contributed by atoms with Crippen LogP contribution < -0.4 is 0 Å². The SMILES string of the molecule is CO[Si](=CCCCS)OC. The van der Waals surface area contributed by atoms with E-state index in [-0.39, 0.29) is 0 Å². The van der Waals surface area contributed by atoms with E-state index in [9.17, 15) is 0 Å². The van der Waals surface area contributed by atoms with Crippen molar-refractivity contribution in [3.8, 4) is 0 Å². The molecular weight excluding hydrogens is 164 g/mol. The van der Waals surface area contributed by atoms with Crippen LogP contribution in [0.15, 0.2) is 0 Å². The lowest BCUT2D eigenvalue weighted by atomic mass is 10.4. The van der Waals surface area contributed by atoms with E-state index in [0.717, 1.165) is 18.6 Å². The molecule has 0 N–H and O–H groups in total. The lowest BCUT2D eigenvalue weighted by molar-refractivity contribution is 0.302. The van der Waals surface area contributed by atoms with Gasteiger partial charge in [-0.3, -0.25) is 0 Å². The van der Waals surface area contributed by atoms with Gasteiger partial charge in [-0.05, 0) is 24.3 Å². The fourth-order valence-corrected chi connectivity index (χ4v) is 1.68. The molecule has 0 aromatic rings. The zero-order chi connectivity index (χ0) is 7.82. The predicted octanol–water partition coefficient (Wildman–Crippen LogP) is 0.861. The van der Waals surface area contributed by atoms with Gasteiger partial charge in [-0.15, -0.1) is 0 Å². The minimum atomic E-state index is -1.05. The van der Waals surface area contributed by atoms with E-state index in [2.05, 4.69) is 18.3 Å². The molecule has 0 amide bonds. The standard InChI is InChI=1S/C6H14O2SSi/c1-7-10(8-2)6-4-3-5-9/h6,9H,3-5H2,1-2H3. The number of rotatable bonds is 5. The average molecular weight is 178 g/mol. The van der Waals surface area contributed by atoms with Crippen molar-refractivity contribution in [2.24, 2.45) is 0 Å². The number of hydrogen-bond acceptors (Lipinski definition) is 3. The Bertz CT molecular complexity index is 99.9. The van der Waals surface area contributed by atoms with Gasteiger partial charge < -0.3 is 8.85 Å². The lowest BCUT2D eigenvalue weighted by Crippen LogP contribution is -2.11. The van der Waals surface area contributed by atoms with Crippen LogP contribution in [-0.2, 0) is 8.85 Å². The highest BCUT2D eigenvalue weighted by atomic mass is 32.1. The Labute approximate surface area is 69.4 Å². The summed E-state index contributed by atoms with van der Waals surface area (Å²) >= 11 is 4.09. The maximum Gasteiger partial charge on any atom is 0.475 e. The van der Waals surface area contributed by atoms with E-state index < -0.39 is 8.90 Å². The molecule has 4 heteroatoms. The molecule has 0 aromatic carbocycles. The molecule has 0 bridgehead atoms. The first-order valence-electron chi connectivity index (χ1n) is 3.24. The third kappa shape index (κ3) is 4.87. The Balaban J connectivity index is 3.43. The van der Waals surface area contributed by atoms with Crippen LogP contribution in [-0.4, -0.2) is 34.5 Å². The summed E-state index contributed by atoms with van der Waals surface area (Å²) in [6, 6.07) is 0. The molecule has 0 spiro atoms. The van der Waals surface area contributed by atoms with Crippen molar-refractivity contribution in [1.82, 2.24) is 0 Å². The lowest BCUT2D eigenvalue weighted by Gasteiger charge is -2.00. The average Bonchev–Trinajstić information content (AvgIpc) is 1.99. The molecule has 0 saturated carbocycles. The summed E-state index contributed by atoms with van der Waals surface area (Å²) in [6.45, 7) is 0. The summed E-state index contributed by atoms with van der Waals surface area (Å²) in [7, 11) is 2.30. The van der Waals surface area contributed by atoms with Gasteiger partial charge in [0, 0.05) is 0 Å². The Morgan fingerprint density at radius 3 is 2.40 bits per heavy atom. The third-order valence-corrected chi connectivity index (χ3v) is 2.82. The van der Waals surface area contributed by atoms with E-state index in [4.69, 9.17) is 8.85 Å². The van der Waals surface area contributed by atoms with Crippen molar-refractivity contribution in [3.05, 3.63) is 0 Å². The van der Waals surface area contributed by atoms with Crippen LogP contribution in [0.25, 0.3) is 0 Å². The van der Waals surface area contributed by atoms with Gasteiger partial charge in [0.25, 0.3) is 0 Å². The first-order chi connectivity index (χ1) is 4.85. The smallest absolute Gasteiger partial charge is 0.475 e. The van der Waals surface area contributed by atoms with Crippen LogP contribution in [0.1, 0.15) is 12.8 Å². The molecule has 0 aliphatic heterocycles. The predicted molar refractivity (Wildman–Crippen MR) is 48.9 cm³/mol. The van der Waals surface area contributed by atoms with E-state index >= 15 is 0 Å². The van der Waals surface area contributed by atoms with E-state index in [1.165, 1.54) is 0 Å². The Morgan fingerprint density at radius 2 is 2.00 bits per heavy atom. The van der Waals surface area contributed by atoms with E-state index in [1.54, 1.807) is 14.2 Å². The van der Waals surface area contributed by atoms with Crippen molar-refractivity contribution >= 4 is 27.2 Å². The maximum atomic E-state index is 5.05. The molecule has 60 valence electrons. The van der Waals surface area contributed by atoms with Crippen LogP contribution in [0.2, 0.25) is 0 Å². The summed E-state index contributed by atoms with van der Waals surface area (Å²) in [5.74, 6) is 0.930. The van der Waals surface area contributed by atoms with Crippen molar-refractivity contribution in [2.75, 3.05) is 20.0 Å². The molecular formula is C6H14O2SSi. The first-order valence-corrected chi connectivity index (χ1v) is 5.26. The quantitative estimate of drug-likeness (QED) is 0.382. The molecule has 0 unspecified atom stereocenters. The van der Waals surface area contributed by atoms with Gasteiger partial charge in [0.2, 0.25) is 0 Å². The molecule has 10 heavy (non-hydrogen) atoms. The summed E-state index contributed by atoms with van der Waals surface area (Å²) in [4.78, 5) is 0.